The largest absolute Gasteiger partial charge is 0.385 e. The molecule has 2 fully saturated rings. The first-order valence-corrected chi connectivity index (χ1v) is 19.8. The lowest BCUT2D eigenvalue weighted by Crippen LogP contribution is -2.52. The molecule has 0 spiro atoms. The van der Waals surface area contributed by atoms with E-state index in [1.165, 1.54) is 0 Å². The first kappa shape index (κ1) is 37.0. The average Bonchev–Trinajstić information content (AvgIpc) is 3.75. The summed E-state index contributed by atoms with van der Waals surface area (Å²) >= 11 is 0. The van der Waals surface area contributed by atoms with Gasteiger partial charge in [-0.05, 0) is 80.0 Å². The highest BCUT2D eigenvalue weighted by Crippen LogP contribution is 2.46. The minimum Gasteiger partial charge on any atom is -0.385 e. The van der Waals surface area contributed by atoms with E-state index in [4.69, 9.17) is 6.57 Å². The molecule has 0 radical (unpaired) electrons. The first-order valence-electron chi connectivity index (χ1n) is 19.8. The van der Waals surface area contributed by atoms with Gasteiger partial charge in [-0.15, -0.1) is 0 Å². The lowest BCUT2D eigenvalue weighted by molar-refractivity contribution is -0.137. The van der Waals surface area contributed by atoms with Crippen molar-refractivity contribution < 1.29 is 24.0 Å². The molecule has 3 aromatic carbocycles. The van der Waals surface area contributed by atoms with E-state index in [2.05, 4.69) is 63.6 Å². The minimum atomic E-state index is -0.652. The fourth-order valence-corrected chi connectivity index (χ4v) is 9.09. The Kier molecular flexibility index (Phi) is 9.64. The molecule has 1 aromatic heterocycles. The summed E-state index contributed by atoms with van der Waals surface area (Å²) in [7, 11) is 0. The van der Waals surface area contributed by atoms with Crippen molar-refractivity contribution in [2.75, 3.05) is 29.9 Å². The second kappa shape index (κ2) is 14.6. The molecule has 8 rings (SSSR count). The number of imide groups is 1. The number of carbonyl (C=O) groups excluding carboxylic acids is 5. The molecule has 56 heavy (non-hydrogen) atoms. The second-order valence-corrected chi connectivity index (χ2v) is 16.0. The quantitative estimate of drug-likeness (QED) is 0.0847. The topological polar surface area (TPSA) is 148 Å². The second-order valence-electron chi connectivity index (χ2n) is 16.0. The molecule has 12 heteroatoms. The summed E-state index contributed by atoms with van der Waals surface area (Å²) < 4.78 is 0. The number of amides is 4. The molecule has 4 aliphatic rings. The van der Waals surface area contributed by atoms with E-state index >= 15 is 0 Å². The van der Waals surface area contributed by atoms with E-state index in [1.807, 2.05) is 24.3 Å². The number of nitrogens with one attached hydrogen (secondary N) is 4. The van der Waals surface area contributed by atoms with Crippen LogP contribution in [-0.2, 0) is 32.8 Å². The van der Waals surface area contributed by atoms with Gasteiger partial charge in [0.2, 0.25) is 17.7 Å². The third-order valence-electron chi connectivity index (χ3n) is 12.2. The highest BCUT2D eigenvalue weighted by molar-refractivity contribution is 6.20. The number of fused-ring (bicyclic) bond motifs is 5. The zero-order chi connectivity index (χ0) is 39.3. The Morgan fingerprint density at radius 2 is 1.80 bits per heavy atom. The number of H-pyrrole nitrogens is 1. The average molecular weight is 754 g/mol. The van der Waals surface area contributed by atoms with Crippen LogP contribution in [-0.4, -0.2) is 71.0 Å². The van der Waals surface area contributed by atoms with Crippen LogP contribution in [0.1, 0.15) is 114 Å². The summed E-state index contributed by atoms with van der Waals surface area (Å²) in [6, 6.07) is 14.8. The van der Waals surface area contributed by atoms with E-state index in [-0.39, 0.29) is 36.0 Å². The van der Waals surface area contributed by atoms with Gasteiger partial charge in [0.25, 0.3) is 5.91 Å². The van der Waals surface area contributed by atoms with Gasteiger partial charge in [0.15, 0.2) is 11.5 Å². The number of hydrogen-bond donors (Lipinski definition) is 4. The van der Waals surface area contributed by atoms with E-state index in [0.717, 1.165) is 95.4 Å². The van der Waals surface area contributed by atoms with Gasteiger partial charge in [-0.2, -0.15) is 0 Å². The van der Waals surface area contributed by atoms with Crippen LogP contribution in [0.15, 0.2) is 48.5 Å². The molecule has 288 valence electrons. The molecule has 1 unspecified atom stereocenters. The molecular weight excluding hydrogens is 707 g/mol. The Balaban J connectivity index is 0.836. The van der Waals surface area contributed by atoms with Gasteiger partial charge in [0, 0.05) is 95.1 Å². The molecular formula is C44H47N7O5. The Hall–Kier alpha value is -5.96. The molecule has 0 saturated carbocycles. The number of rotatable bonds is 10. The fourth-order valence-electron chi connectivity index (χ4n) is 9.09. The summed E-state index contributed by atoms with van der Waals surface area (Å²) in [6.07, 6.45) is 4.93. The number of aromatic amines is 1. The maximum atomic E-state index is 14.1. The highest BCUT2D eigenvalue weighted by Gasteiger charge is 2.42. The number of unbranched alkanes of at least 4 members (excludes halogenated alkanes) is 1. The minimum absolute atomic E-state index is 0.0213. The Morgan fingerprint density at radius 3 is 2.55 bits per heavy atom. The van der Waals surface area contributed by atoms with E-state index < -0.39 is 17.4 Å². The van der Waals surface area contributed by atoms with Crippen LogP contribution < -0.4 is 20.9 Å². The molecule has 4 aromatic rings. The maximum Gasteiger partial charge on any atom is 0.255 e. The van der Waals surface area contributed by atoms with Gasteiger partial charge < -0.3 is 25.4 Å². The van der Waals surface area contributed by atoms with Gasteiger partial charge in [-0.1, -0.05) is 39.0 Å². The predicted octanol–water partition coefficient (Wildman–Crippen LogP) is 6.28. The number of anilines is 2. The van der Waals surface area contributed by atoms with Crippen LogP contribution in [0.25, 0.3) is 15.7 Å². The molecule has 4 amide bonds. The molecule has 4 N–H and O–H groups in total. The normalized spacial score (nSPS) is 19.0. The number of carbonyl (C=O) groups is 5. The SMILES string of the molecule is [C-]#[N+]c1ccc2c3c([nH]c2c1)C(C)(C)c1cc(N2CCC(NC(=O)CCCCNc4cccc5c4CN(C4CCC(=O)NC4=O)C5=O)CC2)c(CC)cc1C3=O. The van der Waals surface area contributed by atoms with Gasteiger partial charge in [-0.3, -0.25) is 29.3 Å². The van der Waals surface area contributed by atoms with Crippen molar-refractivity contribution in [2.45, 2.75) is 96.2 Å². The van der Waals surface area contributed by atoms with Crippen molar-refractivity contribution in [3.05, 3.63) is 99.0 Å². The van der Waals surface area contributed by atoms with Gasteiger partial charge in [0.05, 0.1) is 12.1 Å². The van der Waals surface area contributed by atoms with E-state index in [0.29, 0.717) is 42.7 Å². The van der Waals surface area contributed by atoms with Crippen LogP contribution in [0.5, 0.6) is 0 Å². The highest BCUT2D eigenvalue weighted by atomic mass is 16.2. The summed E-state index contributed by atoms with van der Waals surface area (Å²) in [5, 5.41) is 9.90. The van der Waals surface area contributed by atoms with Gasteiger partial charge >= 0.3 is 0 Å². The lowest BCUT2D eigenvalue weighted by Gasteiger charge is -2.38. The molecule has 1 atom stereocenters. The third-order valence-corrected chi connectivity index (χ3v) is 12.2. The summed E-state index contributed by atoms with van der Waals surface area (Å²) in [6.45, 7) is 16.4. The van der Waals surface area contributed by atoms with Gasteiger partial charge in [-0.25, -0.2) is 4.85 Å². The zero-order valence-corrected chi connectivity index (χ0v) is 32.1. The van der Waals surface area contributed by atoms with Crippen molar-refractivity contribution in [3.8, 4) is 0 Å². The van der Waals surface area contributed by atoms with Gasteiger partial charge in [0.1, 0.15) is 6.04 Å². The molecule has 3 aliphatic heterocycles. The number of piperidine rings is 2. The monoisotopic (exact) mass is 753 g/mol. The van der Waals surface area contributed by atoms with Crippen LogP contribution in [0.3, 0.4) is 0 Å². The predicted molar refractivity (Wildman–Crippen MR) is 214 cm³/mol. The summed E-state index contributed by atoms with van der Waals surface area (Å²) in [4.78, 5) is 75.3. The first-order chi connectivity index (χ1) is 27.0. The number of aryl methyl sites for hydroxylation is 1. The van der Waals surface area contributed by atoms with Crippen molar-refractivity contribution in [1.82, 2.24) is 20.5 Å². The molecule has 1 aliphatic carbocycles. The molecule has 2 saturated heterocycles. The third kappa shape index (κ3) is 6.48. The Labute approximate surface area is 326 Å². The molecule has 4 heterocycles. The van der Waals surface area contributed by atoms with Crippen LogP contribution in [0.4, 0.5) is 17.1 Å². The Morgan fingerprint density at radius 1 is 1.00 bits per heavy atom. The molecule has 0 bridgehead atoms. The lowest BCUT2D eigenvalue weighted by atomic mass is 9.70. The number of ketones is 1. The standard InChI is InChI=1S/C44H47N7O5/c1-5-25-21-30-32(44(2,3)41-39(40(30)54)29-13-12-27(45-4)22-34(29)48-41)23-36(25)50-19-16-26(17-20-50)47-37(52)11-6-7-18-46-33-10-8-9-28-31(33)24-51(43(28)56)35-14-15-38(53)49-42(35)55/h8-10,12-13,21-23,26,35,46,48H,5-7,11,14-20,24H2,1-3H3,(H,47,52)(H,49,53,55). The summed E-state index contributed by atoms with van der Waals surface area (Å²) in [5.74, 6) is -0.854. The van der Waals surface area contributed by atoms with E-state index in [1.54, 1.807) is 17.0 Å². The van der Waals surface area contributed by atoms with Crippen LogP contribution in [0, 0.1) is 6.57 Å². The molecule has 12 nitrogen and oxygen atoms in total. The number of hydrogen-bond acceptors (Lipinski definition) is 7. The fraction of sp³-hybridized carbons (Fsp3) is 0.409. The number of benzene rings is 3. The smallest absolute Gasteiger partial charge is 0.255 e. The van der Waals surface area contributed by atoms with Crippen molar-refractivity contribution in [2.24, 2.45) is 0 Å². The maximum absolute atomic E-state index is 14.1. The van der Waals surface area contributed by atoms with Crippen LogP contribution >= 0.6 is 0 Å². The Bertz CT molecular complexity index is 2350. The van der Waals surface area contributed by atoms with Crippen molar-refractivity contribution >= 4 is 57.4 Å². The number of aromatic nitrogens is 1. The van der Waals surface area contributed by atoms with Crippen molar-refractivity contribution in [3.63, 3.8) is 0 Å². The summed E-state index contributed by atoms with van der Waals surface area (Å²) in [5.41, 5.74) is 8.80. The van der Waals surface area contributed by atoms with Crippen molar-refractivity contribution in [1.29, 1.82) is 0 Å². The van der Waals surface area contributed by atoms with Crippen LogP contribution in [0.2, 0.25) is 0 Å². The zero-order valence-electron chi connectivity index (χ0n) is 32.1. The number of nitrogens with zero attached hydrogens (tertiary/aromatic N) is 3. The van der Waals surface area contributed by atoms with E-state index in [9.17, 15) is 24.0 Å².